The molecule has 0 atom stereocenters. The molecule has 2 rings (SSSR count). The van der Waals surface area contributed by atoms with E-state index in [1.807, 2.05) is 0 Å². The predicted octanol–water partition coefficient (Wildman–Crippen LogP) is 2.24. The second-order valence-electron chi connectivity index (χ2n) is 3.80. The van der Waals surface area contributed by atoms with E-state index in [0.717, 1.165) is 17.9 Å². The molecule has 2 aromatic rings. The lowest BCUT2D eigenvalue weighted by Gasteiger charge is -2.26. The molecule has 0 saturated heterocycles. The number of hydrogen-bond acceptors (Lipinski definition) is 4. The SMILES string of the molecule is CCN(c1nc(Cl)nc2nc[nH]c12)C(C)C. The number of halogens is 1. The molecule has 0 radical (unpaired) electrons. The largest absolute Gasteiger partial charge is 0.353 e. The van der Waals surface area contributed by atoms with Gasteiger partial charge < -0.3 is 9.88 Å². The van der Waals surface area contributed by atoms with Gasteiger partial charge in [-0.15, -0.1) is 0 Å². The van der Waals surface area contributed by atoms with Crippen LogP contribution in [0.25, 0.3) is 11.2 Å². The third-order valence-corrected chi connectivity index (χ3v) is 2.64. The minimum absolute atomic E-state index is 0.230. The Morgan fingerprint density at radius 2 is 2.19 bits per heavy atom. The van der Waals surface area contributed by atoms with Crippen LogP contribution in [0.15, 0.2) is 6.33 Å². The lowest BCUT2D eigenvalue weighted by Crippen LogP contribution is -2.31. The van der Waals surface area contributed by atoms with Crippen LogP contribution in [0.5, 0.6) is 0 Å². The van der Waals surface area contributed by atoms with Gasteiger partial charge in [-0.05, 0) is 32.4 Å². The average molecular weight is 240 g/mol. The number of H-pyrrole nitrogens is 1. The normalized spacial score (nSPS) is 11.3. The van der Waals surface area contributed by atoms with E-state index in [1.165, 1.54) is 0 Å². The summed E-state index contributed by atoms with van der Waals surface area (Å²) in [5.41, 5.74) is 1.44. The van der Waals surface area contributed by atoms with E-state index >= 15 is 0 Å². The maximum absolute atomic E-state index is 5.88. The Morgan fingerprint density at radius 1 is 1.44 bits per heavy atom. The quantitative estimate of drug-likeness (QED) is 0.835. The van der Waals surface area contributed by atoms with E-state index in [0.29, 0.717) is 11.7 Å². The van der Waals surface area contributed by atoms with Crippen LogP contribution >= 0.6 is 11.6 Å². The zero-order chi connectivity index (χ0) is 11.7. The smallest absolute Gasteiger partial charge is 0.226 e. The molecule has 0 aromatic carbocycles. The first-order valence-electron chi connectivity index (χ1n) is 5.26. The number of anilines is 1. The molecular formula is C10H14ClN5. The fraction of sp³-hybridized carbons (Fsp3) is 0.500. The first kappa shape index (κ1) is 11.1. The summed E-state index contributed by atoms with van der Waals surface area (Å²) in [5.74, 6) is 0.810. The molecule has 0 unspecified atom stereocenters. The first-order chi connectivity index (χ1) is 7.63. The summed E-state index contributed by atoms with van der Waals surface area (Å²) in [7, 11) is 0. The lowest BCUT2D eigenvalue weighted by molar-refractivity contribution is 0.695. The Kier molecular flexibility index (Phi) is 2.96. The van der Waals surface area contributed by atoms with E-state index in [1.54, 1.807) is 6.33 Å². The lowest BCUT2D eigenvalue weighted by atomic mass is 10.3. The zero-order valence-electron chi connectivity index (χ0n) is 9.53. The van der Waals surface area contributed by atoms with Crippen LogP contribution in [0.4, 0.5) is 5.82 Å². The van der Waals surface area contributed by atoms with Crippen molar-refractivity contribution in [2.24, 2.45) is 0 Å². The number of aromatic nitrogens is 4. The van der Waals surface area contributed by atoms with Crippen LogP contribution in [-0.4, -0.2) is 32.5 Å². The summed E-state index contributed by atoms with van der Waals surface area (Å²) in [6, 6.07) is 0.350. The molecular weight excluding hydrogens is 226 g/mol. The minimum Gasteiger partial charge on any atom is -0.353 e. The monoisotopic (exact) mass is 239 g/mol. The Balaban J connectivity index is 2.61. The van der Waals surface area contributed by atoms with Crippen molar-refractivity contribution in [3.8, 4) is 0 Å². The average Bonchev–Trinajstić information content (AvgIpc) is 2.65. The molecule has 0 aliphatic carbocycles. The number of rotatable bonds is 3. The van der Waals surface area contributed by atoms with Crippen molar-refractivity contribution >= 4 is 28.6 Å². The molecule has 16 heavy (non-hydrogen) atoms. The van der Waals surface area contributed by atoms with Gasteiger partial charge in [0.2, 0.25) is 5.28 Å². The number of hydrogen-bond donors (Lipinski definition) is 1. The summed E-state index contributed by atoms with van der Waals surface area (Å²) in [6.07, 6.45) is 1.60. The number of nitrogens with zero attached hydrogens (tertiary/aromatic N) is 4. The van der Waals surface area contributed by atoms with Gasteiger partial charge >= 0.3 is 0 Å². The summed E-state index contributed by atoms with van der Waals surface area (Å²) in [6.45, 7) is 7.17. The molecule has 0 amide bonds. The second kappa shape index (κ2) is 4.25. The predicted molar refractivity (Wildman–Crippen MR) is 64.8 cm³/mol. The number of imidazole rings is 1. The highest BCUT2D eigenvalue weighted by Crippen LogP contribution is 2.23. The number of nitrogens with one attached hydrogen (secondary N) is 1. The zero-order valence-corrected chi connectivity index (χ0v) is 10.3. The van der Waals surface area contributed by atoms with E-state index < -0.39 is 0 Å². The minimum atomic E-state index is 0.230. The van der Waals surface area contributed by atoms with Gasteiger partial charge in [-0.3, -0.25) is 0 Å². The molecule has 0 aliphatic rings. The fourth-order valence-electron chi connectivity index (χ4n) is 1.76. The standard InChI is InChI=1S/C10H14ClN5/c1-4-16(6(2)3)9-7-8(13-5-12-7)14-10(11)15-9/h5-6H,4H2,1-3H3,(H,12,13,14,15). The van der Waals surface area contributed by atoms with E-state index in [-0.39, 0.29) is 5.28 Å². The van der Waals surface area contributed by atoms with E-state index in [2.05, 4.69) is 45.6 Å². The molecule has 0 bridgehead atoms. The maximum atomic E-state index is 5.88. The van der Waals surface area contributed by atoms with Gasteiger partial charge in [0, 0.05) is 12.6 Å². The fourth-order valence-corrected chi connectivity index (χ4v) is 1.92. The highest BCUT2D eigenvalue weighted by Gasteiger charge is 2.16. The summed E-state index contributed by atoms with van der Waals surface area (Å²) in [5, 5.41) is 0.230. The van der Waals surface area contributed by atoms with Gasteiger partial charge in [0.25, 0.3) is 0 Å². The van der Waals surface area contributed by atoms with Crippen molar-refractivity contribution in [2.45, 2.75) is 26.8 Å². The summed E-state index contributed by atoms with van der Waals surface area (Å²) in [4.78, 5) is 17.6. The Labute approximate surface area is 98.9 Å². The molecule has 0 saturated carbocycles. The van der Waals surface area contributed by atoms with Crippen LogP contribution in [0.1, 0.15) is 20.8 Å². The van der Waals surface area contributed by atoms with Crippen molar-refractivity contribution in [1.82, 2.24) is 19.9 Å². The summed E-state index contributed by atoms with van der Waals surface area (Å²) < 4.78 is 0. The Bertz CT molecular complexity index is 493. The molecule has 86 valence electrons. The van der Waals surface area contributed by atoms with Crippen molar-refractivity contribution in [3.05, 3.63) is 11.6 Å². The second-order valence-corrected chi connectivity index (χ2v) is 4.14. The van der Waals surface area contributed by atoms with Gasteiger partial charge in [-0.25, -0.2) is 4.98 Å². The first-order valence-corrected chi connectivity index (χ1v) is 5.64. The van der Waals surface area contributed by atoms with Crippen molar-refractivity contribution in [3.63, 3.8) is 0 Å². The molecule has 1 N–H and O–H groups in total. The Morgan fingerprint density at radius 3 is 2.81 bits per heavy atom. The van der Waals surface area contributed by atoms with Crippen LogP contribution in [0.3, 0.4) is 0 Å². The molecule has 0 fully saturated rings. The molecule has 5 nitrogen and oxygen atoms in total. The Hall–Kier alpha value is -1.36. The van der Waals surface area contributed by atoms with Crippen LogP contribution < -0.4 is 4.90 Å². The molecule has 2 heterocycles. The van der Waals surface area contributed by atoms with Gasteiger partial charge in [0.05, 0.1) is 6.33 Å². The number of fused-ring (bicyclic) bond motifs is 1. The third-order valence-electron chi connectivity index (χ3n) is 2.48. The highest BCUT2D eigenvalue weighted by atomic mass is 35.5. The molecule has 0 spiro atoms. The molecule has 0 aliphatic heterocycles. The van der Waals surface area contributed by atoms with Gasteiger partial charge in [0.1, 0.15) is 5.52 Å². The van der Waals surface area contributed by atoms with Crippen LogP contribution in [-0.2, 0) is 0 Å². The van der Waals surface area contributed by atoms with Crippen molar-refractivity contribution in [2.75, 3.05) is 11.4 Å². The molecule has 2 aromatic heterocycles. The highest BCUT2D eigenvalue weighted by molar-refractivity contribution is 6.28. The summed E-state index contributed by atoms with van der Waals surface area (Å²) >= 11 is 5.88. The third kappa shape index (κ3) is 1.82. The van der Waals surface area contributed by atoms with E-state index in [4.69, 9.17) is 11.6 Å². The van der Waals surface area contributed by atoms with Gasteiger partial charge in [-0.1, -0.05) is 0 Å². The van der Waals surface area contributed by atoms with Gasteiger partial charge in [0.15, 0.2) is 11.5 Å². The number of aromatic amines is 1. The maximum Gasteiger partial charge on any atom is 0.226 e. The van der Waals surface area contributed by atoms with Crippen LogP contribution in [0.2, 0.25) is 5.28 Å². The molecule has 6 heteroatoms. The van der Waals surface area contributed by atoms with Gasteiger partial charge in [-0.2, -0.15) is 9.97 Å². The van der Waals surface area contributed by atoms with Crippen molar-refractivity contribution < 1.29 is 0 Å². The van der Waals surface area contributed by atoms with Crippen molar-refractivity contribution in [1.29, 1.82) is 0 Å². The van der Waals surface area contributed by atoms with E-state index in [9.17, 15) is 0 Å². The van der Waals surface area contributed by atoms with Crippen LogP contribution in [0, 0.1) is 0 Å². The topological polar surface area (TPSA) is 57.7 Å².